The van der Waals surface area contributed by atoms with Gasteiger partial charge in [0.2, 0.25) is 0 Å². The average Bonchev–Trinajstić information content (AvgIpc) is 3.18. The van der Waals surface area contributed by atoms with E-state index in [-0.39, 0.29) is 12.2 Å². The third kappa shape index (κ3) is 4.79. The summed E-state index contributed by atoms with van der Waals surface area (Å²) in [5, 5.41) is 0. The van der Waals surface area contributed by atoms with Crippen LogP contribution in [-0.4, -0.2) is 38.0 Å². The standard InChI is InChI=1S/C27H28N2O6S/c1-6-34-21-15-18(10-13-20(21)33-5)24-23(26(31)35-7-2)16(3)28-27-29(24)25(30)22(36-27)14-17-8-11-19(32-4)12-9-17/h8-15,24H,6-7H2,1-5H3/t24-/m1/s1. The van der Waals surface area contributed by atoms with Gasteiger partial charge in [-0.05, 0) is 62.2 Å². The Hall–Kier alpha value is -3.85. The molecule has 0 saturated heterocycles. The fourth-order valence-corrected chi connectivity index (χ4v) is 5.14. The zero-order chi connectivity index (χ0) is 25.8. The lowest BCUT2D eigenvalue weighted by atomic mass is 9.95. The van der Waals surface area contributed by atoms with E-state index in [4.69, 9.17) is 18.9 Å². The van der Waals surface area contributed by atoms with Gasteiger partial charge in [-0.2, -0.15) is 0 Å². The Balaban J connectivity index is 1.93. The van der Waals surface area contributed by atoms with Crippen molar-refractivity contribution in [2.45, 2.75) is 26.8 Å². The number of carbonyl (C=O) groups excluding carboxylic acids is 1. The van der Waals surface area contributed by atoms with Crippen molar-refractivity contribution >= 4 is 23.4 Å². The Kier molecular flexibility index (Phi) is 7.59. The molecule has 1 atom stereocenters. The number of hydrogen-bond acceptors (Lipinski definition) is 8. The van der Waals surface area contributed by atoms with Crippen LogP contribution in [0, 0.1) is 0 Å². The van der Waals surface area contributed by atoms with Crippen LogP contribution in [0.2, 0.25) is 0 Å². The highest BCUT2D eigenvalue weighted by atomic mass is 32.1. The number of thiazole rings is 1. The molecule has 9 heteroatoms. The second kappa shape index (κ2) is 10.8. The molecule has 0 amide bonds. The summed E-state index contributed by atoms with van der Waals surface area (Å²) in [5.41, 5.74) is 2.11. The Morgan fingerprint density at radius 3 is 2.44 bits per heavy atom. The topological polar surface area (TPSA) is 88.4 Å². The number of fused-ring (bicyclic) bond motifs is 1. The van der Waals surface area contributed by atoms with Gasteiger partial charge in [0, 0.05) is 0 Å². The average molecular weight is 509 g/mol. The molecule has 2 aromatic carbocycles. The molecule has 1 aliphatic heterocycles. The second-order valence-corrected chi connectivity index (χ2v) is 8.93. The third-order valence-electron chi connectivity index (χ3n) is 5.73. The molecular formula is C27H28N2O6S. The second-order valence-electron chi connectivity index (χ2n) is 7.92. The number of rotatable bonds is 8. The van der Waals surface area contributed by atoms with Crippen molar-refractivity contribution in [2.24, 2.45) is 4.99 Å². The van der Waals surface area contributed by atoms with E-state index in [0.717, 1.165) is 11.3 Å². The van der Waals surface area contributed by atoms with E-state index in [1.54, 1.807) is 44.8 Å². The van der Waals surface area contributed by atoms with Crippen molar-refractivity contribution in [3.8, 4) is 17.2 Å². The number of carbonyl (C=O) groups is 1. The zero-order valence-corrected chi connectivity index (χ0v) is 21.7. The van der Waals surface area contributed by atoms with Crippen molar-refractivity contribution < 1.29 is 23.7 Å². The number of aromatic nitrogens is 1. The van der Waals surface area contributed by atoms with Crippen LogP contribution in [-0.2, 0) is 9.53 Å². The number of hydrogen-bond donors (Lipinski definition) is 0. The monoisotopic (exact) mass is 508 g/mol. The molecule has 36 heavy (non-hydrogen) atoms. The summed E-state index contributed by atoms with van der Waals surface area (Å²) < 4.78 is 23.8. The summed E-state index contributed by atoms with van der Waals surface area (Å²) in [6.07, 6.45) is 1.81. The molecule has 0 unspecified atom stereocenters. The third-order valence-corrected chi connectivity index (χ3v) is 6.72. The van der Waals surface area contributed by atoms with E-state index in [9.17, 15) is 9.59 Å². The molecule has 1 aromatic heterocycles. The van der Waals surface area contributed by atoms with Crippen LogP contribution in [0.1, 0.15) is 37.9 Å². The summed E-state index contributed by atoms with van der Waals surface area (Å²) in [6, 6.07) is 12.1. The molecule has 0 aliphatic carbocycles. The highest BCUT2D eigenvalue weighted by Crippen LogP contribution is 2.36. The van der Waals surface area contributed by atoms with Gasteiger partial charge in [0.25, 0.3) is 5.56 Å². The van der Waals surface area contributed by atoms with E-state index in [2.05, 4.69) is 4.99 Å². The molecule has 3 aromatic rings. The summed E-state index contributed by atoms with van der Waals surface area (Å²) >= 11 is 1.27. The molecule has 0 saturated carbocycles. The minimum atomic E-state index is -0.733. The number of esters is 1. The number of nitrogens with zero attached hydrogens (tertiary/aromatic N) is 2. The molecule has 4 rings (SSSR count). The SMILES string of the molecule is CCOC(=O)C1=C(C)N=c2sc(=Cc3ccc(OC)cc3)c(=O)n2[C@@H]1c1ccc(OC)c(OCC)c1. The predicted octanol–water partition coefficient (Wildman–Crippen LogP) is 3.21. The molecule has 0 N–H and O–H groups in total. The zero-order valence-electron chi connectivity index (χ0n) is 20.9. The van der Waals surface area contributed by atoms with Crippen molar-refractivity contribution in [1.29, 1.82) is 0 Å². The lowest BCUT2D eigenvalue weighted by Crippen LogP contribution is -2.40. The maximum atomic E-state index is 13.7. The maximum absolute atomic E-state index is 13.7. The lowest BCUT2D eigenvalue weighted by molar-refractivity contribution is -0.139. The first kappa shape index (κ1) is 25.2. The summed E-state index contributed by atoms with van der Waals surface area (Å²) in [4.78, 5) is 31.9. The molecule has 2 heterocycles. The summed E-state index contributed by atoms with van der Waals surface area (Å²) in [5.74, 6) is 1.30. The van der Waals surface area contributed by atoms with Gasteiger partial charge < -0.3 is 18.9 Å². The van der Waals surface area contributed by atoms with Crippen LogP contribution in [0.5, 0.6) is 17.2 Å². The van der Waals surface area contributed by atoms with Crippen LogP contribution >= 0.6 is 11.3 Å². The minimum absolute atomic E-state index is 0.205. The van der Waals surface area contributed by atoms with Gasteiger partial charge in [-0.3, -0.25) is 9.36 Å². The Morgan fingerprint density at radius 1 is 1.06 bits per heavy atom. The van der Waals surface area contributed by atoms with E-state index in [0.29, 0.717) is 44.3 Å². The van der Waals surface area contributed by atoms with Crippen LogP contribution in [0.3, 0.4) is 0 Å². The van der Waals surface area contributed by atoms with Gasteiger partial charge in [0.1, 0.15) is 5.75 Å². The van der Waals surface area contributed by atoms with Gasteiger partial charge in [-0.25, -0.2) is 9.79 Å². The van der Waals surface area contributed by atoms with Crippen molar-refractivity contribution in [2.75, 3.05) is 27.4 Å². The smallest absolute Gasteiger partial charge is 0.338 e. The van der Waals surface area contributed by atoms with Gasteiger partial charge in [0.15, 0.2) is 16.3 Å². The van der Waals surface area contributed by atoms with Crippen molar-refractivity contribution in [3.05, 3.63) is 84.5 Å². The molecule has 188 valence electrons. The summed E-state index contributed by atoms with van der Waals surface area (Å²) in [7, 11) is 3.17. The maximum Gasteiger partial charge on any atom is 0.338 e. The normalized spacial score (nSPS) is 15.2. The number of benzene rings is 2. The molecular weight excluding hydrogens is 480 g/mol. The quantitative estimate of drug-likeness (QED) is 0.434. The van der Waals surface area contributed by atoms with Gasteiger partial charge in [-0.15, -0.1) is 0 Å². The molecule has 0 spiro atoms. The Labute approximate surface area is 212 Å². The van der Waals surface area contributed by atoms with Gasteiger partial charge >= 0.3 is 5.97 Å². The fourth-order valence-electron chi connectivity index (χ4n) is 4.09. The van der Waals surface area contributed by atoms with Crippen molar-refractivity contribution in [3.63, 3.8) is 0 Å². The summed E-state index contributed by atoms with van der Waals surface area (Å²) in [6.45, 7) is 6.02. The van der Waals surface area contributed by atoms with E-state index >= 15 is 0 Å². The first-order chi connectivity index (χ1) is 17.4. The van der Waals surface area contributed by atoms with Gasteiger partial charge in [0.05, 0.1) is 49.3 Å². The van der Waals surface area contributed by atoms with Crippen LogP contribution < -0.4 is 29.1 Å². The fraction of sp³-hybridized carbons (Fsp3) is 0.296. The largest absolute Gasteiger partial charge is 0.497 e. The van der Waals surface area contributed by atoms with Crippen LogP contribution in [0.15, 0.2) is 63.5 Å². The molecule has 0 fully saturated rings. The number of allylic oxidation sites excluding steroid dienone is 1. The number of ether oxygens (including phenoxy) is 4. The highest BCUT2D eigenvalue weighted by molar-refractivity contribution is 7.07. The van der Waals surface area contributed by atoms with E-state index < -0.39 is 12.0 Å². The Bertz CT molecular complexity index is 1480. The van der Waals surface area contributed by atoms with Crippen LogP contribution in [0.4, 0.5) is 0 Å². The molecule has 1 aliphatic rings. The Morgan fingerprint density at radius 2 is 1.81 bits per heavy atom. The molecule has 0 radical (unpaired) electrons. The first-order valence-electron chi connectivity index (χ1n) is 11.6. The first-order valence-corrected chi connectivity index (χ1v) is 12.4. The minimum Gasteiger partial charge on any atom is -0.497 e. The van der Waals surface area contributed by atoms with E-state index in [1.165, 1.54) is 11.3 Å². The van der Waals surface area contributed by atoms with Crippen LogP contribution in [0.25, 0.3) is 6.08 Å². The predicted molar refractivity (Wildman–Crippen MR) is 138 cm³/mol. The van der Waals surface area contributed by atoms with Gasteiger partial charge in [-0.1, -0.05) is 29.5 Å². The molecule has 0 bridgehead atoms. The molecule has 8 nitrogen and oxygen atoms in total. The number of methoxy groups -OCH3 is 2. The lowest BCUT2D eigenvalue weighted by Gasteiger charge is -2.25. The van der Waals surface area contributed by atoms with Crippen molar-refractivity contribution in [1.82, 2.24) is 4.57 Å². The van der Waals surface area contributed by atoms with E-state index in [1.807, 2.05) is 43.3 Å². The highest BCUT2D eigenvalue weighted by Gasteiger charge is 2.33.